The van der Waals surface area contributed by atoms with E-state index in [0.717, 1.165) is 37.7 Å². The van der Waals surface area contributed by atoms with E-state index in [2.05, 4.69) is 21.3 Å². The predicted molar refractivity (Wildman–Crippen MR) is 213 cm³/mol. The molecule has 2 fully saturated rings. The molecule has 302 valence electrons. The van der Waals surface area contributed by atoms with Gasteiger partial charge in [-0.15, -0.1) is 0 Å². The number of benzene rings is 2. The molecule has 1 aromatic heterocycles. The van der Waals surface area contributed by atoms with Gasteiger partial charge in [-0.1, -0.05) is 83.7 Å². The zero-order valence-electron chi connectivity index (χ0n) is 33.4. The number of carboxylic acid groups (broad SMARTS) is 1. The second-order valence-corrected chi connectivity index (χ2v) is 16.2. The van der Waals surface area contributed by atoms with Crippen LogP contribution in [0.5, 0.6) is 11.5 Å². The molecule has 0 aliphatic heterocycles. The molecule has 1 heterocycles. The lowest BCUT2D eigenvalue weighted by molar-refractivity contribution is -0.143. The molecule has 0 unspecified atom stereocenters. The summed E-state index contributed by atoms with van der Waals surface area (Å²) in [6, 6.07) is 14.0. The number of aliphatic carboxylic acids is 1. The predicted octanol–water partition coefficient (Wildman–Crippen LogP) is 5.40. The molecule has 0 radical (unpaired) electrons. The summed E-state index contributed by atoms with van der Waals surface area (Å²) in [5.74, 6) is -3.84. The number of hydrogen-bond acceptors (Lipinski definition) is 8. The highest BCUT2D eigenvalue weighted by molar-refractivity contribution is 5.95. The molecule has 13 nitrogen and oxygen atoms in total. The van der Waals surface area contributed by atoms with Crippen molar-refractivity contribution in [3.8, 4) is 22.8 Å². The van der Waals surface area contributed by atoms with E-state index in [4.69, 9.17) is 14.5 Å². The minimum Gasteiger partial charge on any atom is -0.497 e. The van der Waals surface area contributed by atoms with Gasteiger partial charge in [0.05, 0.1) is 30.2 Å². The molecule has 2 aliphatic rings. The molecule has 0 bridgehead atoms. The lowest BCUT2D eigenvalue weighted by atomic mass is 9.82. The number of pyridine rings is 1. The molecule has 4 amide bonds. The van der Waals surface area contributed by atoms with E-state index >= 15 is 0 Å². The standard InChI is InChI=1S/C43H57N5O8/c1-7-14-32(42(53)54)46-38(49)30-21-28(56-35-24-33(25-15-10-8-11-16-25)45-34-23-27(55-6)19-20-29(34)35)22-31(30)39(50)48-37(43(2,3)4)41(52)47-36(40(51)44-5)26-17-12-9-13-18-26/h8,10-11,15-16,19-20,23-24,26,28,30-32,36-37H,7,9,12-14,17-18,21-22H2,1-6H3,(H,44,51)(H,46,49)(H,47,52)(H,48,50)(H,53,54)/t28-,30-,31-,32+,36+,37-/m1/s1. The van der Waals surface area contributed by atoms with Crippen molar-refractivity contribution in [2.24, 2.45) is 23.2 Å². The van der Waals surface area contributed by atoms with Crippen molar-refractivity contribution >= 4 is 40.5 Å². The molecule has 2 aliphatic carbocycles. The van der Waals surface area contributed by atoms with Crippen LogP contribution in [0.3, 0.4) is 0 Å². The topological polar surface area (TPSA) is 185 Å². The van der Waals surface area contributed by atoms with Crippen LogP contribution in [0.2, 0.25) is 0 Å². The molecular formula is C43H57N5O8. The Hall–Kier alpha value is -5.20. The Labute approximate surface area is 329 Å². The SMILES string of the molecule is CCC[C@H](NC(=O)[C@@H]1C[C@@H](Oc2cc(-c3ccccc3)nc3cc(OC)ccc23)C[C@H]1C(=O)N[C@H](C(=O)N[C@H](C(=O)NC)C1CCCCC1)C(C)(C)C)C(=O)O. The molecule has 5 rings (SSSR count). The van der Waals surface area contributed by atoms with Gasteiger partial charge in [0.25, 0.3) is 0 Å². The van der Waals surface area contributed by atoms with Gasteiger partial charge in [-0.2, -0.15) is 0 Å². The first-order valence-electron chi connectivity index (χ1n) is 19.8. The molecule has 5 N–H and O–H groups in total. The number of amides is 4. The Morgan fingerprint density at radius 2 is 1.54 bits per heavy atom. The number of hydrogen-bond donors (Lipinski definition) is 5. The number of carbonyl (C=O) groups is 5. The van der Waals surface area contributed by atoms with Crippen molar-refractivity contribution in [1.29, 1.82) is 0 Å². The lowest BCUT2D eigenvalue weighted by Gasteiger charge is -2.35. The van der Waals surface area contributed by atoms with Crippen LogP contribution < -0.4 is 30.7 Å². The third-order valence-electron chi connectivity index (χ3n) is 11.1. The van der Waals surface area contributed by atoms with Gasteiger partial charge in [-0.05, 0) is 55.6 Å². The maximum atomic E-state index is 14.4. The second-order valence-electron chi connectivity index (χ2n) is 16.2. The third-order valence-corrected chi connectivity index (χ3v) is 11.1. The molecule has 3 aromatic rings. The van der Waals surface area contributed by atoms with Crippen LogP contribution in [0.4, 0.5) is 0 Å². The molecule has 0 spiro atoms. The summed E-state index contributed by atoms with van der Waals surface area (Å²) in [5, 5.41) is 21.8. The molecule has 6 atom stereocenters. The first-order chi connectivity index (χ1) is 26.7. The number of aromatic nitrogens is 1. The molecule has 2 saturated carbocycles. The molecule has 56 heavy (non-hydrogen) atoms. The minimum absolute atomic E-state index is 0.0251. The fourth-order valence-electron chi connectivity index (χ4n) is 8.01. The van der Waals surface area contributed by atoms with Gasteiger partial charge in [0.1, 0.15) is 35.7 Å². The van der Waals surface area contributed by atoms with Gasteiger partial charge in [0, 0.05) is 30.1 Å². The summed E-state index contributed by atoms with van der Waals surface area (Å²) in [6.07, 6.45) is 5.02. The average Bonchev–Trinajstić information content (AvgIpc) is 3.62. The fraction of sp³-hybridized carbons (Fsp3) is 0.535. The summed E-state index contributed by atoms with van der Waals surface area (Å²) in [6.45, 7) is 7.31. The number of carboxylic acids is 1. The number of methoxy groups -OCH3 is 1. The first-order valence-corrected chi connectivity index (χ1v) is 19.8. The van der Waals surface area contributed by atoms with Gasteiger partial charge in [-0.25, -0.2) is 9.78 Å². The van der Waals surface area contributed by atoms with Crippen molar-refractivity contribution in [1.82, 2.24) is 26.3 Å². The highest BCUT2D eigenvalue weighted by Gasteiger charge is 2.47. The van der Waals surface area contributed by atoms with Gasteiger partial charge < -0.3 is 35.8 Å². The number of nitrogens with zero attached hydrogens (tertiary/aromatic N) is 1. The van der Waals surface area contributed by atoms with Gasteiger partial charge in [0.2, 0.25) is 23.6 Å². The summed E-state index contributed by atoms with van der Waals surface area (Å²) >= 11 is 0. The molecule has 13 heteroatoms. The van der Waals surface area contributed by atoms with Gasteiger partial charge >= 0.3 is 5.97 Å². The van der Waals surface area contributed by atoms with E-state index in [9.17, 15) is 29.1 Å². The Bertz CT molecular complexity index is 1870. The Morgan fingerprint density at radius 1 is 0.875 bits per heavy atom. The number of rotatable bonds is 15. The van der Waals surface area contributed by atoms with Crippen LogP contribution in [0.1, 0.15) is 85.5 Å². The molecule has 2 aromatic carbocycles. The zero-order valence-corrected chi connectivity index (χ0v) is 33.4. The third kappa shape index (κ3) is 10.2. The zero-order chi connectivity index (χ0) is 40.6. The normalized spacial score (nSPS) is 20.3. The van der Waals surface area contributed by atoms with Crippen LogP contribution in [0.15, 0.2) is 54.6 Å². The Morgan fingerprint density at radius 3 is 2.12 bits per heavy atom. The number of ether oxygens (including phenoxy) is 2. The summed E-state index contributed by atoms with van der Waals surface area (Å²) in [5.41, 5.74) is 1.39. The summed E-state index contributed by atoms with van der Waals surface area (Å²) < 4.78 is 12.2. The number of nitrogens with one attached hydrogen (secondary N) is 4. The van der Waals surface area contributed by atoms with Crippen LogP contribution >= 0.6 is 0 Å². The van der Waals surface area contributed by atoms with Crippen molar-refractivity contribution in [3.05, 3.63) is 54.6 Å². The van der Waals surface area contributed by atoms with Crippen LogP contribution in [-0.4, -0.2) is 78.1 Å². The quantitative estimate of drug-likeness (QED) is 0.135. The van der Waals surface area contributed by atoms with Crippen molar-refractivity contribution in [2.75, 3.05) is 14.2 Å². The molecule has 0 saturated heterocycles. The minimum atomic E-state index is -1.16. The highest BCUT2D eigenvalue weighted by Crippen LogP contribution is 2.39. The van der Waals surface area contributed by atoms with Crippen molar-refractivity contribution in [2.45, 2.75) is 110 Å². The lowest BCUT2D eigenvalue weighted by Crippen LogP contribution is -2.60. The van der Waals surface area contributed by atoms with E-state index in [1.165, 1.54) is 0 Å². The van der Waals surface area contributed by atoms with Crippen LogP contribution in [0, 0.1) is 23.2 Å². The Balaban J connectivity index is 1.45. The van der Waals surface area contributed by atoms with E-state index < -0.39 is 65.2 Å². The first kappa shape index (κ1) is 42.0. The number of likely N-dealkylation sites (N-methyl/N-ethyl adjacent to an activating group) is 1. The second kappa shape index (κ2) is 18.6. The maximum Gasteiger partial charge on any atom is 0.326 e. The molecular weight excluding hydrogens is 714 g/mol. The highest BCUT2D eigenvalue weighted by atomic mass is 16.5. The van der Waals surface area contributed by atoms with Gasteiger partial charge in [-0.3, -0.25) is 19.2 Å². The van der Waals surface area contributed by atoms with E-state index in [1.807, 2.05) is 76.2 Å². The average molecular weight is 772 g/mol. The fourth-order valence-corrected chi connectivity index (χ4v) is 8.01. The van der Waals surface area contributed by atoms with Crippen molar-refractivity contribution in [3.63, 3.8) is 0 Å². The smallest absolute Gasteiger partial charge is 0.326 e. The monoisotopic (exact) mass is 771 g/mol. The van der Waals surface area contributed by atoms with E-state index in [-0.39, 0.29) is 31.1 Å². The largest absolute Gasteiger partial charge is 0.497 e. The van der Waals surface area contributed by atoms with Crippen LogP contribution in [0.25, 0.3) is 22.2 Å². The number of fused-ring (bicyclic) bond motifs is 1. The van der Waals surface area contributed by atoms with E-state index in [1.54, 1.807) is 20.2 Å². The summed E-state index contributed by atoms with van der Waals surface area (Å²) in [4.78, 5) is 72.4. The van der Waals surface area contributed by atoms with Gasteiger partial charge in [0.15, 0.2) is 0 Å². The Kier molecular flexibility index (Phi) is 14.0. The van der Waals surface area contributed by atoms with Crippen LogP contribution in [-0.2, 0) is 24.0 Å². The maximum absolute atomic E-state index is 14.4. The number of carbonyl (C=O) groups excluding carboxylic acids is 4. The van der Waals surface area contributed by atoms with E-state index in [0.29, 0.717) is 34.5 Å². The van der Waals surface area contributed by atoms with Crippen molar-refractivity contribution < 1.29 is 38.6 Å². The summed E-state index contributed by atoms with van der Waals surface area (Å²) in [7, 11) is 3.12.